The number of hydrogen-bond donors (Lipinski definition) is 0. The lowest BCUT2D eigenvalue weighted by atomic mass is 10.0. The second kappa shape index (κ2) is 4.40. The molecule has 0 nitrogen and oxygen atoms in total. The maximum absolute atomic E-state index is 13.6. The predicted molar refractivity (Wildman–Crippen MR) is 61.8 cm³/mol. The Bertz CT molecular complexity index is 518. The molecule has 0 aliphatic rings. The molecule has 0 heterocycles. The Balaban J connectivity index is 2.68. The minimum atomic E-state index is -0.485. The van der Waals surface area contributed by atoms with E-state index >= 15 is 0 Å². The molecule has 16 heavy (non-hydrogen) atoms. The number of benzene rings is 2. The van der Waals surface area contributed by atoms with Crippen molar-refractivity contribution in [2.45, 2.75) is 0 Å². The summed E-state index contributed by atoms with van der Waals surface area (Å²) in [4.78, 5) is 0. The van der Waals surface area contributed by atoms with Gasteiger partial charge in [0.15, 0.2) is 0 Å². The molecule has 0 aliphatic heterocycles. The van der Waals surface area contributed by atoms with E-state index in [2.05, 4.69) is 0 Å². The maximum Gasteiger partial charge on any atom is 0.132 e. The molecule has 0 saturated carbocycles. The van der Waals surface area contributed by atoms with Crippen LogP contribution >= 0.6 is 23.2 Å². The van der Waals surface area contributed by atoms with E-state index in [0.29, 0.717) is 5.56 Å². The van der Waals surface area contributed by atoms with E-state index in [1.54, 1.807) is 6.07 Å². The van der Waals surface area contributed by atoms with Gasteiger partial charge in [0.25, 0.3) is 0 Å². The van der Waals surface area contributed by atoms with Gasteiger partial charge in [-0.1, -0.05) is 29.3 Å². The van der Waals surface area contributed by atoms with Gasteiger partial charge in [0.2, 0.25) is 0 Å². The Morgan fingerprint density at radius 1 is 0.875 bits per heavy atom. The van der Waals surface area contributed by atoms with E-state index in [1.807, 2.05) is 0 Å². The summed E-state index contributed by atoms with van der Waals surface area (Å²) < 4.78 is 26.4. The molecular weight excluding hydrogens is 253 g/mol. The zero-order valence-corrected chi connectivity index (χ0v) is 9.49. The van der Waals surface area contributed by atoms with Crippen molar-refractivity contribution in [3.8, 4) is 11.1 Å². The third kappa shape index (κ3) is 2.04. The molecule has 2 rings (SSSR count). The summed E-state index contributed by atoms with van der Waals surface area (Å²) in [5.41, 5.74) is 0.570. The topological polar surface area (TPSA) is 0 Å². The van der Waals surface area contributed by atoms with E-state index in [1.165, 1.54) is 24.3 Å². The van der Waals surface area contributed by atoms with Crippen LogP contribution in [0.3, 0.4) is 0 Å². The SMILES string of the molecule is Fc1ccc(-c2c(F)cccc2Cl)c(Cl)c1. The van der Waals surface area contributed by atoms with Crippen LogP contribution < -0.4 is 0 Å². The van der Waals surface area contributed by atoms with Crippen LogP contribution in [0, 0.1) is 11.6 Å². The molecule has 0 aliphatic carbocycles. The Morgan fingerprint density at radius 3 is 2.25 bits per heavy atom. The average Bonchev–Trinajstić information content (AvgIpc) is 2.20. The highest BCUT2D eigenvalue weighted by molar-refractivity contribution is 6.36. The summed E-state index contributed by atoms with van der Waals surface area (Å²) in [6.07, 6.45) is 0. The molecule has 0 spiro atoms. The Kier molecular flexibility index (Phi) is 3.13. The van der Waals surface area contributed by atoms with E-state index < -0.39 is 11.6 Å². The third-order valence-electron chi connectivity index (χ3n) is 2.16. The van der Waals surface area contributed by atoms with Crippen LogP contribution in [0.5, 0.6) is 0 Å². The van der Waals surface area contributed by atoms with Crippen molar-refractivity contribution in [2.24, 2.45) is 0 Å². The molecular formula is C12H6Cl2F2. The quantitative estimate of drug-likeness (QED) is 0.680. The summed E-state index contributed by atoms with van der Waals surface area (Å²) >= 11 is 11.7. The van der Waals surface area contributed by atoms with Crippen LogP contribution in [0.15, 0.2) is 36.4 Å². The lowest BCUT2D eigenvalue weighted by molar-refractivity contribution is 0.626. The van der Waals surface area contributed by atoms with E-state index in [4.69, 9.17) is 23.2 Å². The molecule has 0 atom stereocenters. The monoisotopic (exact) mass is 258 g/mol. The highest BCUT2D eigenvalue weighted by Gasteiger charge is 2.12. The van der Waals surface area contributed by atoms with Crippen molar-refractivity contribution in [1.29, 1.82) is 0 Å². The number of hydrogen-bond acceptors (Lipinski definition) is 0. The summed E-state index contributed by atoms with van der Waals surface area (Å²) in [6.45, 7) is 0. The van der Waals surface area contributed by atoms with Gasteiger partial charge in [-0.25, -0.2) is 8.78 Å². The fourth-order valence-electron chi connectivity index (χ4n) is 1.45. The smallest absolute Gasteiger partial charge is 0.132 e. The first kappa shape index (κ1) is 11.4. The maximum atomic E-state index is 13.6. The molecule has 82 valence electrons. The number of rotatable bonds is 1. The lowest BCUT2D eigenvalue weighted by Crippen LogP contribution is -1.87. The van der Waals surface area contributed by atoms with Crippen LogP contribution in [0.4, 0.5) is 8.78 Å². The molecule has 0 unspecified atom stereocenters. The van der Waals surface area contributed by atoms with Gasteiger partial charge in [-0.15, -0.1) is 0 Å². The van der Waals surface area contributed by atoms with Crippen molar-refractivity contribution < 1.29 is 8.78 Å². The van der Waals surface area contributed by atoms with Gasteiger partial charge in [0.1, 0.15) is 11.6 Å². The van der Waals surface area contributed by atoms with E-state index in [0.717, 1.165) is 6.07 Å². The van der Waals surface area contributed by atoms with Crippen LogP contribution in [-0.4, -0.2) is 0 Å². The molecule has 0 saturated heterocycles. The molecule has 2 aromatic rings. The first-order valence-electron chi connectivity index (χ1n) is 4.49. The second-order valence-electron chi connectivity index (χ2n) is 3.22. The van der Waals surface area contributed by atoms with Gasteiger partial charge in [-0.2, -0.15) is 0 Å². The third-order valence-corrected chi connectivity index (χ3v) is 2.79. The van der Waals surface area contributed by atoms with Gasteiger partial charge in [-0.05, 0) is 30.3 Å². The zero-order chi connectivity index (χ0) is 11.7. The van der Waals surface area contributed by atoms with Gasteiger partial charge < -0.3 is 0 Å². The Labute approximate surface area is 101 Å². The van der Waals surface area contributed by atoms with Gasteiger partial charge in [0, 0.05) is 11.1 Å². The van der Waals surface area contributed by atoms with E-state index in [9.17, 15) is 8.78 Å². The molecule has 0 N–H and O–H groups in total. The molecule has 0 fully saturated rings. The summed E-state index contributed by atoms with van der Waals surface area (Å²) in [7, 11) is 0. The van der Waals surface area contributed by atoms with Crippen LogP contribution in [-0.2, 0) is 0 Å². The van der Waals surface area contributed by atoms with Gasteiger partial charge in [0.05, 0.1) is 10.0 Å². The Morgan fingerprint density at radius 2 is 1.62 bits per heavy atom. The van der Waals surface area contributed by atoms with E-state index in [-0.39, 0.29) is 15.6 Å². The first-order valence-corrected chi connectivity index (χ1v) is 5.24. The minimum absolute atomic E-state index is 0.131. The van der Waals surface area contributed by atoms with Crippen molar-refractivity contribution in [2.75, 3.05) is 0 Å². The first-order chi connectivity index (χ1) is 7.59. The molecule has 0 aromatic heterocycles. The average molecular weight is 259 g/mol. The normalized spacial score (nSPS) is 10.5. The highest BCUT2D eigenvalue weighted by atomic mass is 35.5. The second-order valence-corrected chi connectivity index (χ2v) is 4.04. The molecule has 4 heteroatoms. The fraction of sp³-hybridized carbons (Fsp3) is 0. The minimum Gasteiger partial charge on any atom is -0.207 e. The fourth-order valence-corrected chi connectivity index (χ4v) is 1.97. The molecule has 0 bridgehead atoms. The summed E-state index contributed by atoms with van der Waals surface area (Å²) in [6, 6.07) is 8.07. The summed E-state index contributed by atoms with van der Waals surface area (Å²) in [5, 5.41) is 0.375. The highest BCUT2D eigenvalue weighted by Crippen LogP contribution is 2.35. The van der Waals surface area contributed by atoms with Crippen LogP contribution in [0.2, 0.25) is 10.0 Å². The zero-order valence-electron chi connectivity index (χ0n) is 7.98. The van der Waals surface area contributed by atoms with Crippen LogP contribution in [0.1, 0.15) is 0 Å². The van der Waals surface area contributed by atoms with Gasteiger partial charge in [-0.3, -0.25) is 0 Å². The largest absolute Gasteiger partial charge is 0.207 e. The summed E-state index contributed by atoms with van der Waals surface area (Å²) in [5.74, 6) is -0.956. The Hall–Kier alpha value is -1.12. The number of halogens is 4. The molecule has 2 aromatic carbocycles. The molecule has 0 radical (unpaired) electrons. The predicted octanol–water partition coefficient (Wildman–Crippen LogP) is 4.94. The van der Waals surface area contributed by atoms with Crippen molar-refractivity contribution in [1.82, 2.24) is 0 Å². The molecule has 0 amide bonds. The lowest BCUT2D eigenvalue weighted by Gasteiger charge is -2.07. The van der Waals surface area contributed by atoms with Crippen molar-refractivity contribution >= 4 is 23.2 Å². The van der Waals surface area contributed by atoms with Crippen molar-refractivity contribution in [3.05, 3.63) is 58.1 Å². The van der Waals surface area contributed by atoms with Crippen molar-refractivity contribution in [3.63, 3.8) is 0 Å². The standard InChI is InChI=1S/C12H6Cl2F2/c13-9-2-1-3-11(16)12(9)8-5-4-7(15)6-10(8)14/h1-6H. The van der Waals surface area contributed by atoms with Gasteiger partial charge >= 0.3 is 0 Å². The van der Waals surface area contributed by atoms with Crippen LogP contribution in [0.25, 0.3) is 11.1 Å².